The van der Waals surface area contributed by atoms with E-state index >= 15 is 0 Å². The number of hydrogen-bond donors (Lipinski definition) is 1. The molecule has 0 saturated carbocycles. The molecular formula is C25H24N2O3. The Bertz CT molecular complexity index is 1220. The summed E-state index contributed by atoms with van der Waals surface area (Å²) in [4.78, 5) is 9.05. The van der Waals surface area contributed by atoms with Gasteiger partial charge < -0.3 is 14.3 Å². The Kier molecular flexibility index (Phi) is 5.04. The lowest BCUT2D eigenvalue weighted by atomic mass is 9.87. The van der Waals surface area contributed by atoms with E-state index in [1.165, 1.54) is 12.7 Å². The van der Waals surface area contributed by atoms with Crippen LogP contribution in [0, 0.1) is 0 Å². The van der Waals surface area contributed by atoms with Gasteiger partial charge in [0.05, 0.1) is 12.8 Å². The van der Waals surface area contributed by atoms with Gasteiger partial charge in [-0.15, -0.1) is 0 Å². The molecule has 30 heavy (non-hydrogen) atoms. The van der Waals surface area contributed by atoms with E-state index in [1.54, 1.807) is 24.4 Å². The molecule has 0 amide bonds. The minimum absolute atomic E-state index is 0.0606. The summed E-state index contributed by atoms with van der Waals surface area (Å²) in [5, 5.41) is 10.2. The van der Waals surface area contributed by atoms with Crippen molar-refractivity contribution in [2.75, 3.05) is 7.11 Å². The third-order valence-corrected chi connectivity index (χ3v) is 4.97. The highest BCUT2D eigenvalue weighted by Crippen LogP contribution is 2.31. The summed E-state index contributed by atoms with van der Waals surface area (Å²) in [6, 6.07) is 19.2. The molecule has 0 saturated heterocycles. The molecule has 0 radical (unpaired) electrons. The molecule has 1 aromatic heterocycles. The molecule has 4 rings (SSSR count). The summed E-state index contributed by atoms with van der Waals surface area (Å²) in [6.07, 6.45) is 1.60. The molecule has 152 valence electrons. The van der Waals surface area contributed by atoms with Gasteiger partial charge in [-0.3, -0.25) is 4.99 Å². The number of aromatic nitrogens is 1. The summed E-state index contributed by atoms with van der Waals surface area (Å²) in [6.45, 7) is 6.57. The molecule has 0 spiro atoms. The van der Waals surface area contributed by atoms with Crippen molar-refractivity contribution in [3.63, 3.8) is 0 Å². The van der Waals surface area contributed by atoms with E-state index in [0.29, 0.717) is 28.5 Å². The minimum atomic E-state index is 0.0606. The van der Waals surface area contributed by atoms with E-state index in [2.05, 4.69) is 42.9 Å². The second kappa shape index (κ2) is 7.67. The molecular weight excluding hydrogens is 376 g/mol. The third kappa shape index (κ3) is 3.92. The topological polar surface area (TPSA) is 67.9 Å². The van der Waals surface area contributed by atoms with Gasteiger partial charge in [0, 0.05) is 23.4 Å². The molecule has 0 aliphatic heterocycles. The predicted octanol–water partition coefficient (Wildman–Crippen LogP) is 6.26. The van der Waals surface area contributed by atoms with Crippen LogP contribution < -0.4 is 4.74 Å². The Morgan fingerprint density at radius 1 is 1.03 bits per heavy atom. The molecule has 5 heteroatoms. The van der Waals surface area contributed by atoms with Crippen LogP contribution in [-0.2, 0) is 5.41 Å². The zero-order chi connectivity index (χ0) is 21.3. The Morgan fingerprint density at radius 2 is 1.80 bits per heavy atom. The normalized spacial score (nSPS) is 12.0. The second-order valence-electron chi connectivity index (χ2n) is 8.15. The van der Waals surface area contributed by atoms with Gasteiger partial charge in [0.2, 0.25) is 5.89 Å². The first-order chi connectivity index (χ1) is 14.3. The number of aromatic hydroxyl groups is 1. The monoisotopic (exact) mass is 400 g/mol. The maximum atomic E-state index is 10.2. The van der Waals surface area contributed by atoms with E-state index in [1.807, 2.05) is 30.3 Å². The minimum Gasteiger partial charge on any atom is -0.504 e. The van der Waals surface area contributed by atoms with E-state index in [0.717, 1.165) is 11.1 Å². The van der Waals surface area contributed by atoms with Crippen LogP contribution in [0.4, 0.5) is 5.69 Å². The van der Waals surface area contributed by atoms with Gasteiger partial charge >= 0.3 is 0 Å². The number of methoxy groups -OCH3 is 1. The average Bonchev–Trinajstić information content (AvgIpc) is 3.16. The van der Waals surface area contributed by atoms with Crippen molar-refractivity contribution in [3.8, 4) is 23.0 Å². The smallest absolute Gasteiger partial charge is 0.227 e. The highest BCUT2D eigenvalue weighted by atomic mass is 16.5. The Labute approximate surface area is 175 Å². The number of ether oxygens (including phenoxy) is 1. The number of phenols is 1. The number of rotatable bonds is 4. The lowest BCUT2D eigenvalue weighted by molar-refractivity contribution is 0.373. The van der Waals surface area contributed by atoms with Gasteiger partial charge in [-0.1, -0.05) is 39.0 Å². The van der Waals surface area contributed by atoms with Crippen molar-refractivity contribution in [3.05, 3.63) is 71.8 Å². The summed E-state index contributed by atoms with van der Waals surface area (Å²) in [7, 11) is 1.52. The fraction of sp³-hybridized carbons (Fsp3) is 0.200. The average molecular weight is 400 g/mol. The third-order valence-electron chi connectivity index (χ3n) is 4.97. The molecule has 1 N–H and O–H groups in total. The maximum Gasteiger partial charge on any atom is 0.227 e. The Balaban J connectivity index is 1.61. The number of aliphatic imine (C=N–C) groups is 1. The van der Waals surface area contributed by atoms with Gasteiger partial charge in [0.25, 0.3) is 0 Å². The number of hydrogen-bond acceptors (Lipinski definition) is 5. The van der Waals surface area contributed by atoms with Crippen LogP contribution in [-0.4, -0.2) is 23.4 Å². The van der Waals surface area contributed by atoms with Crippen LogP contribution in [0.15, 0.2) is 70.1 Å². The van der Waals surface area contributed by atoms with Crippen LogP contribution in [0.3, 0.4) is 0 Å². The summed E-state index contributed by atoms with van der Waals surface area (Å²) >= 11 is 0. The van der Waals surface area contributed by atoms with Crippen molar-refractivity contribution in [1.29, 1.82) is 0 Å². The SMILES string of the molecule is COc1cccc(C=Nc2ccc3nc(-c4ccc(C(C)(C)C)cc4)oc3c2)c1O. The molecule has 0 unspecified atom stereocenters. The zero-order valence-corrected chi connectivity index (χ0v) is 17.5. The molecule has 5 nitrogen and oxygen atoms in total. The number of fused-ring (bicyclic) bond motifs is 1. The van der Waals surface area contributed by atoms with Crippen molar-refractivity contribution in [2.45, 2.75) is 26.2 Å². The lowest BCUT2D eigenvalue weighted by Crippen LogP contribution is -2.10. The molecule has 3 aromatic carbocycles. The largest absolute Gasteiger partial charge is 0.504 e. The molecule has 0 aliphatic carbocycles. The fourth-order valence-electron chi connectivity index (χ4n) is 3.18. The summed E-state index contributed by atoms with van der Waals surface area (Å²) in [5.74, 6) is 1.05. The van der Waals surface area contributed by atoms with Crippen molar-refractivity contribution < 1.29 is 14.3 Å². The van der Waals surface area contributed by atoms with Gasteiger partial charge in [0.15, 0.2) is 17.1 Å². The van der Waals surface area contributed by atoms with Crippen molar-refractivity contribution in [2.24, 2.45) is 4.99 Å². The van der Waals surface area contributed by atoms with Crippen LogP contribution in [0.5, 0.6) is 11.5 Å². The second-order valence-corrected chi connectivity index (χ2v) is 8.15. The van der Waals surface area contributed by atoms with Crippen molar-refractivity contribution >= 4 is 23.0 Å². The number of para-hydroxylation sites is 1. The molecule has 1 heterocycles. The number of phenolic OH excluding ortho intramolecular Hbond substituents is 1. The van der Waals surface area contributed by atoms with Gasteiger partial charge in [0.1, 0.15) is 5.52 Å². The van der Waals surface area contributed by atoms with Crippen LogP contribution >= 0.6 is 0 Å². The first-order valence-electron chi connectivity index (χ1n) is 9.77. The first kappa shape index (κ1) is 19.7. The number of benzene rings is 3. The van der Waals surface area contributed by atoms with Crippen LogP contribution in [0.25, 0.3) is 22.6 Å². The molecule has 0 bridgehead atoms. The zero-order valence-electron chi connectivity index (χ0n) is 17.5. The molecule has 0 aliphatic rings. The molecule has 0 fully saturated rings. The summed E-state index contributed by atoms with van der Waals surface area (Å²) < 4.78 is 11.1. The Morgan fingerprint density at radius 3 is 2.50 bits per heavy atom. The highest BCUT2D eigenvalue weighted by Gasteiger charge is 2.15. The van der Waals surface area contributed by atoms with Crippen molar-refractivity contribution in [1.82, 2.24) is 4.98 Å². The van der Waals surface area contributed by atoms with E-state index in [-0.39, 0.29) is 11.2 Å². The lowest BCUT2D eigenvalue weighted by Gasteiger charge is -2.18. The van der Waals surface area contributed by atoms with E-state index in [9.17, 15) is 5.11 Å². The van der Waals surface area contributed by atoms with Gasteiger partial charge in [-0.25, -0.2) is 4.98 Å². The van der Waals surface area contributed by atoms with Gasteiger partial charge in [-0.05, 0) is 47.4 Å². The van der Waals surface area contributed by atoms with Crippen LogP contribution in [0.2, 0.25) is 0 Å². The highest BCUT2D eigenvalue weighted by molar-refractivity contribution is 5.88. The fourth-order valence-corrected chi connectivity index (χ4v) is 3.18. The molecule has 4 aromatic rings. The van der Waals surface area contributed by atoms with E-state index in [4.69, 9.17) is 9.15 Å². The number of oxazole rings is 1. The van der Waals surface area contributed by atoms with E-state index < -0.39 is 0 Å². The van der Waals surface area contributed by atoms with Gasteiger partial charge in [-0.2, -0.15) is 0 Å². The first-order valence-corrected chi connectivity index (χ1v) is 9.77. The summed E-state index contributed by atoms with van der Waals surface area (Å²) in [5.41, 5.74) is 5.01. The standard InChI is InChI=1S/C25H24N2O3/c1-25(2,3)18-10-8-16(9-11-18)24-27-20-13-12-19(14-22(20)30-24)26-15-17-6-5-7-21(29-4)23(17)28/h5-15,28H,1-4H3. The number of nitrogens with zero attached hydrogens (tertiary/aromatic N) is 2. The quantitative estimate of drug-likeness (QED) is 0.411. The van der Waals surface area contributed by atoms with Crippen LogP contribution in [0.1, 0.15) is 31.9 Å². The molecule has 0 atom stereocenters. The Hall–Kier alpha value is -3.60. The maximum absolute atomic E-state index is 10.2. The predicted molar refractivity (Wildman–Crippen MR) is 120 cm³/mol.